The van der Waals surface area contributed by atoms with Gasteiger partial charge in [0.15, 0.2) is 0 Å². The van der Waals surface area contributed by atoms with Crippen LogP contribution in [0.1, 0.15) is 12.8 Å². The molecule has 1 aromatic heterocycles. The van der Waals surface area contributed by atoms with Crippen molar-refractivity contribution in [2.45, 2.75) is 13.5 Å². The highest BCUT2D eigenvalue weighted by Crippen LogP contribution is 2.27. The molecule has 0 atom stereocenters. The molecule has 0 radical (unpaired) electrons. The van der Waals surface area contributed by atoms with Crippen LogP contribution in [0, 0.1) is 5.82 Å². The number of piperazine rings is 1. The number of halogens is 1. The first kappa shape index (κ1) is 18.4. The van der Waals surface area contributed by atoms with Crippen LogP contribution in [0.4, 0.5) is 10.1 Å². The Kier molecular flexibility index (Phi) is 5.53. The second kappa shape index (κ2) is 8.39. The van der Waals surface area contributed by atoms with Gasteiger partial charge in [0.1, 0.15) is 11.6 Å². The maximum Gasteiger partial charge on any atom is 0.241 e. The number of para-hydroxylation sites is 1. The Morgan fingerprint density at radius 1 is 1.04 bits per heavy atom. The molecule has 0 bridgehead atoms. The summed E-state index contributed by atoms with van der Waals surface area (Å²) >= 11 is 0. The van der Waals surface area contributed by atoms with Gasteiger partial charge in [-0.15, -0.1) is 0 Å². The van der Waals surface area contributed by atoms with Gasteiger partial charge in [-0.05, 0) is 43.3 Å². The van der Waals surface area contributed by atoms with E-state index >= 15 is 0 Å². The quantitative estimate of drug-likeness (QED) is 0.649. The average Bonchev–Trinajstić information content (AvgIpc) is 3.18. The molecule has 1 aliphatic heterocycles. The predicted molar refractivity (Wildman–Crippen MR) is 105 cm³/mol. The Morgan fingerprint density at radius 2 is 1.79 bits per heavy atom. The van der Waals surface area contributed by atoms with Crippen molar-refractivity contribution in [3.8, 4) is 17.1 Å². The summed E-state index contributed by atoms with van der Waals surface area (Å²) in [5.74, 6) is 1.69. The maximum atomic E-state index is 13.1. The topological polar surface area (TPSA) is 54.6 Å². The van der Waals surface area contributed by atoms with E-state index in [1.165, 1.54) is 12.1 Å². The van der Waals surface area contributed by atoms with Gasteiger partial charge in [0.05, 0.1) is 18.7 Å². The van der Waals surface area contributed by atoms with Crippen LogP contribution in [0.5, 0.6) is 5.75 Å². The van der Waals surface area contributed by atoms with E-state index in [2.05, 4.69) is 19.9 Å². The molecule has 6 nitrogen and oxygen atoms in total. The SMILES string of the molecule is CCOc1ccccc1-c1noc(CN2CCN(c3ccc(F)cc3)CC2)n1. The number of rotatable bonds is 6. The molecule has 3 aromatic rings. The van der Waals surface area contributed by atoms with E-state index in [0.29, 0.717) is 24.9 Å². The molecule has 1 saturated heterocycles. The van der Waals surface area contributed by atoms with Gasteiger partial charge in [-0.25, -0.2) is 4.39 Å². The number of benzene rings is 2. The van der Waals surface area contributed by atoms with E-state index in [-0.39, 0.29) is 5.82 Å². The Hall–Kier alpha value is -2.93. The summed E-state index contributed by atoms with van der Waals surface area (Å²) in [5, 5.41) is 4.13. The fraction of sp³-hybridized carbons (Fsp3) is 0.333. The van der Waals surface area contributed by atoms with Crippen molar-refractivity contribution in [3.63, 3.8) is 0 Å². The van der Waals surface area contributed by atoms with E-state index in [9.17, 15) is 4.39 Å². The zero-order chi connectivity index (χ0) is 19.3. The summed E-state index contributed by atoms with van der Waals surface area (Å²) in [5.41, 5.74) is 1.88. The largest absolute Gasteiger partial charge is 0.493 e. The normalized spacial score (nSPS) is 15.0. The van der Waals surface area contributed by atoms with Crippen molar-refractivity contribution >= 4 is 5.69 Å². The molecule has 7 heteroatoms. The third kappa shape index (κ3) is 4.14. The van der Waals surface area contributed by atoms with Crippen LogP contribution >= 0.6 is 0 Å². The summed E-state index contributed by atoms with van der Waals surface area (Å²) < 4.78 is 24.2. The molecule has 1 fully saturated rings. The fourth-order valence-corrected chi connectivity index (χ4v) is 3.37. The van der Waals surface area contributed by atoms with Gasteiger partial charge in [-0.2, -0.15) is 4.98 Å². The molecule has 0 N–H and O–H groups in total. The second-order valence-corrected chi connectivity index (χ2v) is 6.68. The van der Waals surface area contributed by atoms with E-state index in [0.717, 1.165) is 43.2 Å². The minimum absolute atomic E-state index is 0.208. The smallest absolute Gasteiger partial charge is 0.241 e. The van der Waals surface area contributed by atoms with Crippen LogP contribution in [0.2, 0.25) is 0 Å². The number of nitrogens with zero attached hydrogens (tertiary/aromatic N) is 4. The number of hydrogen-bond acceptors (Lipinski definition) is 6. The summed E-state index contributed by atoms with van der Waals surface area (Å²) in [7, 11) is 0. The van der Waals surface area contributed by atoms with Crippen LogP contribution in [0.3, 0.4) is 0 Å². The molecule has 0 saturated carbocycles. The zero-order valence-electron chi connectivity index (χ0n) is 15.8. The Labute approximate surface area is 163 Å². The Bertz CT molecular complexity index is 905. The minimum atomic E-state index is -0.208. The fourth-order valence-electron chi connectivity index (χ4n) is 3.37. The lowest BCUT2D eigenvalue weighted by Crippen LogP contribution is -2.46. The highest BCUT2D eigenvalue weighted by atomic mass is 19.1. The summed E-state index contributed by atoms with van der Waals surface area (Å²) in [6, 6.07) is 14.4. The van der Waals surface area contributed by atoms with Gasteiger partial charge >= 0.3 is 0 Å². The first-order valence-corrected chi connectivity index (χ1v) is 9.50. The van der Waals surface area contributed by atoms with E-state index in [1.807, 2.05) is 43.3 Å². The maximum absolute atomic E-state index is 13.1. The highest BCUT2D eigenvalue weighted by molar-refractivity contribution is 5.63. The van der Waals surface area contributed by atoms with Crippen molar-refractivity contribution in [2.24, 2.45) is 0 Å². The molecule has 28 heavy (non-hydrogen) atoms. The van der Waals surface area contributed by atoms with Crippen LogP contribution in [0.15, 0.2) is 53.1 Å². The van der Waals surface area contributed by atoms with Crippen LogP contribution in [-0.4, -0.2) is 47.8 Å². The van der Waals surface area contributed by atoms with Crippen molar-refractivity contribution in [1.82, 2.24) is 15.0 Å². The lowest BCUT2D eigenvalue weighted by Gasteiger charge is -2.35. The molecule has 0 spiro atoms. The van der Waals surface area contributed by atoms with Crippen molar-refractivity contribution in [1.29, 1.82) is 0 Å². The van der Waals surface area contributed by atoms with Crippen LogP contribution < -0.4 is 9.64 Å². The van der Waals surface area contributed by atoms with Gasteiger partial charge in [0.2, 0.25) is 11.7 Å². The van der Waals surface area contributed by atoms with Gasteiger partial charge < -0.3 is 14.2 Å². The predicted octanol–water partition coefficient (Wildman–Crippen LogP) is 3.60. The zero-order valence-corrected chi connectivity index (χ0v) is 15.8. The van der Waals surface area contributed by atoms with Crippen LogP contribution in [-0.2, 0) is 6.54 Å². The third-order valence-corrected chi connectivity index (χ3v) is 4.82. The van der Waals surface area contributed by atoms with E-state index < -0.39 is 0 Å². The number of anilines is 1. The summed E-state index contributed by atoms with van der Waals surface area (Å²) in [4.78, 5) is 9.09. The summed E-state index contributed by atoms with van der Waals surface area (Å²) in [6.07, 6.45) is 0. The third-order valence-electron chi connectivity index (χ3n) is 4.82. The number of ether oxygens (including phenoxy) is 1. The van der Waals surface area contributed by atoms with Crippen molar-refractivity contribution in [2.75, 3.05) is 37.7 Å². The Morgan fingerprint density at radius 3 is 2.54 bits per heavy atom. The Balaban J connectivity index is 1.37. The molecular formula is C21H23FN4O2. The lowest BCUT2D eigenvalue weighted by molar-refractivity contribution is 0.215. The van der Waals surface area contributed by atoms with E-state index in [1.54, 1.807) is 0 Å². The molecule has 0 amide bonds. The lowest BCUT2D eigenvalue weighted by atomic mass is 10.2. The molecule has 1 aliphatic rings. The number of hydrogen-bond donors (Lipinski definition) is 0. The van der Waals surface area contributed by atoms with Crippen molar-refractivity contribution in [3.05, 3.63) is 60.2 Å². The minimum Gasteiger partial charge on any atom is -0.493 e. The van der Waals surface area contributed by atoms with Gasteiger partial charge in [-0.1, -0.05) is 17.3 Å². The van der Waals surface area contributed by atoms with Gasteiger partial charge in [0.25, 0.3) is 0 Å². The van der Waals surface area contributed by atoms with Gasteiger partial charge in [0, 0.05) is 31.9 Å². The van der Waals surface area contributed by atoms with Crippen LogP contribution in [0.25, 0.3) is 11.4 Å². The highest BCUT2D eigenvalue weighted by Gasteiger charge is 2.20. The van der Waals surface area contributed by atoms with E-state index in [4.69, 9.17) is 9.26 Å². The molecule has 146 valence electrons. The van der Waals surface area contributed by atoms with Gasteiger partial charge in [-0.3, -0.25) is 4.90 Å². The second-order valence-electron chi connectivity index (χ2n) is 6.68. The molecule has 0 unspecified atom stereocenters. The first-order valence-electron chi connectivity index (χ1n) is 9.50. The first-order chi connectivity index (χ1) is 13.7. The molecular weight excluding hydrogens is 359 g/mol. The average molecular weight is 382 g/mol. The molecule has 2 aromatic carbocycles. The van der Waals surface area contributed by atoms with Crippen molar-refractivity contribution < 1.29 is 13.7 Å². The molecule has 0 aliphatic carbocycles. The summed E-state index contributed by atoms with van der Waals surface area (Å²) in [6.45, 7) is 6.65. The molecule has 2 heterocycles. The molecule has 4 rings (SSSR count). The standard InChI is InChI=1S/C21H23FN4O2/c1-2-27-19-6-4-3-5-18(19)21-23-20(28-24-21)15-25-11-13-26(14-12-25)17-9-7-16(22)8-10-17/h3-10H,2,11-15H2,1H3. The monoisotopic (exact) mass is 382 g/mol. The number of aromatic nitrogens is 2.